The number of amides is 1. The van der Waals surface area contributed by atoms with Gasteiger partial charge in [-0.3, -0.25) is 4.79 Å². The van der Waals surface area contributed by atoms with Crippen molar-refractivity contribution in [3.63, 3.8) is 0 Å². The molecule has 182 valence electrons. The van der Waals surface area contributed by atoms with Crippen LogP contribution in [0.5, 0.6) is 0 Å². The summed E-state index contributed by atoms with van der Waals surface area (Å²) in [6, 6.07) is 10.1. The first-order valence-corrected chi connectivity index (χ1v) is 14.4. The maximum Gasteiger partial charge on any atom is 0.279 e. The Balaban J connectivity index is 2.01. The van der Waals surface area contributed by atoms with E-state index in [0.29, 0.717) is 15.0 Å². The van der Waals surface area contributed by atoms with Gasteiger partial charge in [-0.25, -0.2) is 16.8 Å². The van der Waals surface area contributed by atoms with E-state index in [1.165, 1.54) is 52.9 Å². The molecule has 0 saturated carbocycles. The van der Waals surface area contributed by atoms with E-state index in [2.05, 4.69) is 24.1 Å². The Hall–Kier alpha value is -3.30. The Bertz CT molecular complexity index is 1610. The molecule has 2 aromatic carbocycles. The summed E-state index contributed by atoms with van der Waals surface area (Å²) in [5, 5.41) is 0. The highest BCUT2D eigenvalue weighted by Crippen LogP contribution is 2.22. The standard InChI is InChI=1S/C24H23N3O5S3/c1-5-14-26(15-6-2)35(31,32)19-10-8-18(9-11-19)23(28)25-24-27(16-7-3)21-13-12-20(34(4,29)30)17-22(21)33-24/h3,5-6,8-13,17H,1-2,14-16H2,4H3. The number of aromatic nitrogens is 1. The molecule has 3 aromatic rings. The van der Waals surface area contributed by atoms with Crippen molar-refractivity contribution in [3.05, 3.63) is 78.1 Å². The third-order valence-corrected chi connectivity index (χ3v) is 8.93. The zero-order valence-corrected chi connectivity index (χ0v) is 21.4. The summed E-state index contributed by atoms with van der Waals surface area (Å²) < 4.78 is 53.0. The first kappa shape index (κ1) is 26.3. The molecular weight excluding hydrogens is 506 g/mol. The molecule has 0 aliphatic carbocycles. The molecule has 0 fully saturated rings. The van der Waals surface area contributed by atoms with Crippen LogP contribution in [0.25, 0.3) is 10.2 Å². The number of carbonyl (C=O) groups excluding carboxylic acids is 1. The Morgan fingerprint density at radius 1 is 1.09 bits per heavy atom. The predicted molar refractivity (Wildman–Crippen MR) is 137 cm³/mol. The number of nitrogens with zero attached hydrogens (tertiary/aromatic N) is 3. The first-order valence-electron chi connectivity index (χ1n) is 10.2. The van der Waals surface area contributed by atoms with Gasteiger partial charge in [0.25, 0.3) is 5.91 Å². The summed E-state index contributed by atoms with van der Waals surface area (Å²) in [7, 11) is -7.21. The van der Waals surface area contributed by atoms with Crippen molar-refractivity contribution in [2.75, 3.05) is 19.3 Å². The highest BCUT2D eigenvalue weighted by atomic mass is 32.2. The number of fused-ring (bicyclic) bond motifs is 1. The minimum absolute atomic E-state index is 0.0234. The average molecular weight is 530 g/mol. The van der Waals surface area contributed by atoms with Gasteiger partial charge in [-0.15, -0.1) is 19.6 Å². The summed E-state index contributed by atoms with van der Waals surface area (Å²) in [4.78, 5) is 17.5. The van der Waals surface area contributed by atoms with Gasteiger partial charge < -0.3 is 4.57 Å². The molecule has 11 heteroatoms. The van der Waals surface area contributed by atoms with E-state index in [4.69, 9.17) is 6.42 Å². The van der Waals surface area contributed by atoms with E-state index in [-0.39, 0.29) is 35.0 Å². The molecule has 1 aromatic heterocycles. The Morgan fingerprint density at radius 2 is 1.69 bits per heavy atom. The van der Waals surface area contributed by atoms with E-state index in [1.807, 2.05) is 0 Å². The number of benzene rings is 2. The second-order valence-electron chi connectivity index (χ2n) is 7.42. The Kier molecular flexibility index (Phi) is 7.92. The van der Waals surface area contributed by atoms with Crippen LogP contribution in [0.15, 0.2) is 82.6 Å². The van der Waals surface area contributed by atoms with Crippen LogP contribution in [-0.2, 0) is 26.4 Å². The van der Waals surface area contributed by atoms with Gasteiger partial charge in [0.1, 0.15) is 0 Å². The number of terminal acetylenes is 1. The molecule has 0 unspecified atom stereocenters. The number of sulfonamides is 1. The number of sulfone groups is 1. The van der Waals surface area contributed by atoms with E-state index in [0.717, 1.165) is 17.6 Å². The lowest BCUT2D eigenvalue weighted by Crippen LogP contribution is -2.31. The van der Waals surface area contributed by atoms with Gasteiger partial charge in [-0.05, 0) is 42.5 Å². The third-order valence-electron chi connectivity index (χ3n) is 4.93. The minimum Gasteiger partial charge on any atom is -0.305 e. The molecule has 3 rings (SSSR count). The van der Waals surface area contributed by atoms with Crippen LogP contribution in [0.2, 0.25) is 0 Å². The van der Waals surface area contributed by atoms with Gasteiger partial charge >= 0.3 is 0 Å². The molecule has 0 N–H and O–H groups in total. The fourth-order valence-corrected chi connectivity index (χ4v) is 6.41. The van der Waals surface area contributed by atoms with Crippen LogP contribution in [-0.4, -0.2) is 51.0 Å². The van der Waals surface area contributed by atoms with Crippen LogP contribution in [0.4, 0.5) is 0 Å². The van der Waals surface area contributed by atoms with E-state index in [1.54, 1.807) is 10.6 Å². The lowest BCUT2D eigenvalue weighted by atomic mass is 10.2. The monoisotopic (exact) mass is 529 g/mol. The Labute approximate surface area is 208 Å². The highest BCUT2D eigenvalue weighted by Gasteiger charge is 2.22. The molecule has 0 saturated heterocycles. The summed E-state index contributed by atoms with van der Waals surface area (Å²) in [6.45, 7) is 7.52. The minimum atomic E-state index is -3.80. The van der Waals surface area contributed by atoms with Crippen LogP contribution in [0.3, 0.4) is 0 Å². The molecule has 0 atom stereocenters. The van der Waals surface area contributed by atoms with Crippen molar-refractivity contribution >= 4 is 47.3 Å². The molecule has 0 spiro atoms. The van der Waals surface area contributed by atoms with E-state index < -0.39 is 25.8 Å². The number of thiazole rings is 1. The van der Waals surface area contributed by atoms with E-state index in [9.17, 15) is 21.6 Å². The van der Waals surface area contributed by atoms with Gasteiger partial charge in [0.05, 0.1) is 26.6 Å². The zero-order chi connectivity index (χ0) is 25.8. The summed E-state index contributed by atoms with van der Waals surface area (Å²) in [6.07, 6.45) is 9.56. The fraction of sp³-hybridized carbons (Fsp3) is 0.167. The SMILES string of the molecule is C#CCn1c(=NC(=O)c2ccc(S(=O)(=O)N(CC=C)CC=C)cc2)sc2cc(S(C)(=O)=O)ccc21. The quantitative estimate of drug-likeness (QED) is 0.313. The number of hydrogen-bond donors (Lipinski definition) is 0. The number of hydrogen-bond acceptors (Lipinski definition) is 6. The van der Waals surface area contributed by atoms with Gasteiger partial charge in [0.15, 0.2) is 14.6 Å². The maximum absolute atomic E-state index is 12.9. The van der Waals surface area contributed by atoms with Crippen molar-refractivity contribution in [1.29, 1.82) is 0 Å². The number of rotatable bonds is 9. The third kappa shape index (κ3) is 5.68. The Morgan fingerprint density at radius 3 is 2.23 bits per heavy atom. The average Bonchev–Trinajstić information content (AvgIpc) is 3.15. The van der Waals surface area contributed by atoms with Gasteiger partial charge in [0.2, 0.25) is 10.0 Å². The molecule has 1 amide bonds. The van der Waals surface area contributed by atoms with Crippen LogP contribution in [0, 0.1) is 12.3 Å². The second kappa shape index (κ2) is 10.5. The highest BCUT2D eigenvalue weighted by molar-refractivity contribution is 7.90. The molecule has 1 heterocycles. The summed E-state index contributed by atoms with van der Waals surface area (Å²) >= 11 is 1.13. The molecular formula is C24H23N3O5S3. The second-order valence-corrected chi connectivity index (χ2v) is 12.4. The van der Waals surface area contributed by atoms with E-state index >= 15 is 0 Å². The van der Waals surface area contributed by atoms with Gasteiger partial charge in [0, 0.05) is 24.9 Å². The maximum atomic E-state index is 12.9. The lowest BCUT2D eigenvalue weighted by Gasteiger charge is -2.19. The molecule has 8 nitrogen and oxygen atoms in total. The normalized spacial score (nSPS) is 12.5. The zero-order valence-electron chi connectivity index (χ0n) is 18.9. The van der Waals surface area contributed by atoms with Crippen molar-refractivity contribution in [1.82, 2.24) is 8.87 Å². The lowest BCUT2D eigenvalue weighted by molar-refractivity contribution is 0.0997. The van der Waals surface area contributed by atoms with Crippen LogP contribution < -0.4 is 4.80 Å². The van der Waals surface area contributed by atoms with Crippen molar-refractivity contribution < 1.29 is 21.6 Å². The van der Waals surface area contributed by atoms with Crippen molar-refractivity contribution in [2.45, 2.75) is 16.3 Å². The molecule has 35 heavy (non-hydrogen) atoms. The molecule has 0 aliphatic rings. The van der Waals surface area contributed by atoms with Crippen LogP contribution in [0.1, 0.15) is 10.4 Å². The van der Waals surface area contributed by atoms with Gasteiger partial charge in [-0.1, -0.05) is 29.4 Å². The van der Waals surface area contributed by atoms with Crippen LogP contribution >= 0.6 is 11.3 Å². The largest absolute Gasteiger partial charge is 0.305 e. The smallest absolute Gasteiger partial charge is 0.279 e. The molecule has 0 bridgehead atoms. The molecule has 0 aliphatic heterocycles. The summed E-state index contributed by atoms with van der Waals surface area (Å²) in [5.74, 6) is 1.92. The molecule has 0 radical (unpaired) electrons. The topological polar surface area (TPSA) is 106 Å². The number of carbonyl (C=O) groups is 1. The van der Waals surface area contributed by atoms with Crippen molar-refractivity contribution in [2.24, 2.45) is 4.99 Å². The predicted octanol–water partition coefficient (Wildman–Crippen LogP) is 2.84. The first-order chi connectivity index (χ1) is 16.5. The summed E-state index contributed by atoms with van der Waals surface area (Å²) in [5.41, 5.74) is 0.836. The fourth-order valence-electron chi connectivity index (χ4n) is 3.24. The van der Waals surface area contributed by atoms with Gasteiger partial charge in [-0.2, -0.15) is 9.30 Å². The van der Waals surface area contributed by atoms with Crippen molar-refractivity contribution in [3.8, 4) is 12.3 Å².